The number of fused-ring (bicyclic) bond motifs is 2. The summed E-state index contributed by atoms with van der Waals surface area (Å²) in [5, 5.41) is 0. The fraction of sp³-hybridized carbons (Fsp3) is 0.938. The fourth-order valence-electron chi connectivity index (χ4n) is 5.26. The molecule has 3 fully saturated rings. The molecule has 0 aromatic heterocycles. The Bertz CT molecular complexity index is 403. The lowest BCUT2D eigenvalue weighted by Gasteiger charge is -2.47. The number of alkyl halides is 3. The van der Waals surface area contributed by atoms with Gasteiger partial charge in [-0.2, -0.15) is 13.2 Å². The first-order valence-corrected chi connectivity index (χ1v) is 7.93. The van der Waals surface area contributed by atoms with Crippen LogP contribution in [0.15, 0.2) is 0 Å². The zero-order valence-electron chi connectivity index (χ0n) is 12.0. The van der Waals surface area contributed by atoms with E-state index in [4.69, 9.17) is 0 Å². The Morgan fingerprint density at radius 2 is 1.80 bits per heavy atom. The monoisotopic (exact) mass is 288 g/mol. The third-order valence-corrected chi connectivity index (χ3v) is 6.40. The summed E-state index contributed by atoms with van der Waals surface area (Å²) >= 11 is 0. The van der Waals surface area contributed by atoms with E-state index in [0.717, 1.165) is 32.1 Å². The first kappa shape index (κ1) is 14.4. The lowest BCUT2D eigenvalue weighted by molar-refractivity contribution is -0.261. The van der Waals surface area contributed by atoms with Crippen molar-refractivity contribution < 1.29 is 18.0 Å². The molecule has 2 bridgehead atoms. The topological polar surface area (TPSA) is 17.1 Å². The van der Waals surface area contributed by atoms with Gasteiger partial charge in [-0.25, -0.2) is 0 Å². The highest BCUT2D eigenvalue weighted by molar-refractivity contribution is 5.82. The summed E-state index contributed by atoms with van der Waals surface area (Å²) in [6, 6.07) is 0. The van der Waals surface area contributed by atoms with Crippen LogP contribution in [-0.4, -0.2) is 12.0 Å². The number of hydrogen-bond acceptors (Lipinski definition) is 1. The van der Waals surface area contributed by atoms with Gasteiger partial charge in [-0.05, 0) is 56.8 Å². The van der Waals surface area contributed by atoms with Crippen LogP contribution in [0.1, 0.15) is 58.3 Å². The third kappa shape index (κ3) is 2.01. The van der Waals surface area contributed by atoms with Crippen LogP contribution in [0, 0.1) is 29.1 Å². The zero-order chi connectivity index (χ0) is 14.5. The van der Waals surface area contributed by atoms with Crippen LogP contribution in [0.2, 0.25) is 0 Å². The van der Waals surface area contributed by atoms with Gasteiger partial charge in [0.1, 0.15) is 5.78 Å². The van der Waals surface area contributed by atoms with E-state index in [0.29, 0.717) is 25.2 Å². The number of hydrogen-bond donors (Lipinski definition) is 0. The van der Waals surface area contributed by atoms with Gasteiger partial charge in [0, 0.05) is 12.3 Å². The van der Waals surface area contributed by atoms with Gasteiger partial charge in [0.05, 0.1) is 5.41 Å². The SMILES string of the molecule is CC(C1CCCCC1=O)(C1CC2CCC1C2)C(F)(F)F. The largest absolute Gasteiger partial charge is 0.395 e. The maximum atomic E-state index is 13.9. The summed E-state index contributed by atoms with van der Waals surface area (Å²) in [5.41, 5.74) is -1.79. The van der Waals surface area contributed by atoms with Crippen LogP contribution in [0.25, 0.3) is 0 Å². The molecule has 4 heteroatoms. The van der Waals surface area contributed by atoms with E-state index >= 15 is 0 Å². The van der Waals surface area contributed by atoms with Gasteiger partial charge < -0.3 is 0 Å². The smallest absolute Gasteiger partial charge is 0.299 e. The molecule has 0 spiro atoms. The molecular weight excluding hydrogens is 265 g/mol. The molecule has 0 N–H and O–H groups in total. The van der Waals surface area contributed by atoms with Crippen molar-refractivity contribution in [2.45, 2.75) is 64.5 Å². The van der Waals surface area contributed by atoms with E-state index < -0.39 is 17.5 Å². The number of carbonyl (C=O) groups excluding carboxylic acids is 1. The molecule has 0 saturated heterocycles. The van der Waals surface area contributed by atoms with Crippen LogP contribution in [0.4, 0.5) is 13.2 Å². The lowest BCUT2D eigenvalue weighted by Crippen LogP contribution is -2.52. The molecule has 0 aromatic carbocycles. The molecule has 1 nitrogen and oxygen atoms in total. The minimum Gasteiger partial charge on any atom is -0.299 e. The van der Waals surface area contributed by atoms with Gasteiger partial charge in [-0.3, -0.25) is 4.79 Å². The quantitative estimate of drug-likeness (QED) is 0.716. The Balaban J connectivity index is 1.94. The minimum atomic E-state index is -4.26. The van der Waals surface area contributed by atoms with E-state index in [1.165, 1.54) is 6.92 Å². The maximum Gasteiger partial charge on any atom is 0.395 e. The number of Topliss-reactive ketones (excluding diaryl/α,β-unsaturated/α-hetero) is 1. The average Bonchev–Trinajstić information content (AvgIpc) is 2.99. The molecule has 5 unspecified atom stereocenters. The molecule has 3 rings (SSSR count). The first-order valence-electron chi connectivity index (χ1n) is 7.93. The summed E-state index contributed by atoms with van der Waals surface area (Å²) < 4.78 is 41.7. The van der Waals surface area contributed by atoms with Gasteiger partial charge in [0.15, 0.2) is 0 Å². The van der Waals surface area contributed by atoms with E-state index in [2.05, 4.69) is 0 Å². The second-order valence-electron chi connectivity index (χ2n) is 7.33. The Morgan fingerprint density at radius 1 is 1.05 bits per heavy atom. The van der Waals surface area contributed by atoms with Crippen molar-refractivity contribution in [3.63, 3.8) is 0 Å². The molecular formula is C16H23F3O. The van der Waals surface area contributed by atoms with Crippen molar-refractivity contribution in [1.82, 2.24) is 0 Å². The molecule has 20 heavy (non-hydrogen) atoms. The van der Waals surface area contributed by atoms with Crippen LogP contribution in [-0.2, 0) is 4.79 Å². The molecule has 3 saturated carbocycles. The summed E-state index contributed by atoms with van der Waals surface area (Å²) in [6.07, 6.45) is 1.71. The van der Waals surface area contributed by atoms with Crippen LogP contribution in [0.3, 0.4) is 0 Å². The molecule has 0 radical (unpaired) electrons. The molecule has 3 aliphatic carbocycles. The molecule has 0 amide bonds. The van der Waals surface area contributed by atoms with Crippen LogP contribution >= 0.6 is 0 Å². The fourth-order valence-corrected chi connectivity index (χ4v) is 5.26. The number of halogens is 3. The molecule has 0 aliphatic heterocycles. The summed E-state index contributed by atoms with van der Waals surface area (Å²) in [5.74, 6) is -0.584. The van der Waals surface area contributed by atoms with Crippen molar-refractivity contribution in [2.24, 2.45) is 29.1 Å². The predicted octanol–water partition coefficient (Wildman–Crippen LogP) is 4.75. The van der Waals surface area contributed by atoms with Crippen LogP contribution in [0.5, 0.6) is 0 Å². The second kappa shape index (κ2) is 4.74. The number of ketones is 1. The average molecular weight is 288 g/mol. The lowest BCUT2D eigenvalue weighted by atomic mass is 9.58. The van der Waals surface area contributed by atoms with Crippen molar-refractivity contribution >= 4 is 5.78 Å². The standard InChI is InChI=1S/C16H23F3O/c1-15(16(17,18)19,12-4-2-3-5-14(12)20)13-9-10-6-7-11(13)8-10/h10-13H,2-9H2,1H3. The van der Waals surface area contributed by atoms with E-state index in [9.17, 15) is 18.0 Å². The minimum absolute atomic E-state index is 0.140. The maximum absolute atomic E-state index is 13.9. The zero-order valence-corrected chi connectivity index (χ0v) is 12.0. The Hall–Kier alpha value is -0.540. The highest BCUT2D eigenvalue weighted by Gasteiger charge is 2.65. The molecule has 0 heterocycles. The highest BCUT2D eigenvalue weighted by Crippen LogP contribution is 2.63. The van der Waals surface area contributed by atoms with Gasteiger partial charge in [-0.15, -0.1) is 0 Å². The van der Waals surface area contributed by atoms with Gasteiger partial charge in [0.25, 0.3) is 0 Å². The van der Waals surface area contributed by atoms with E-state index in [1.807, 2.05) is 0 Å². The summed E-state index contributed by atoms with van der Waals surface area (Å²) in [7, 11) is 0. The first-order chi connectivity index (χ1) is 9.34. The van der Waals surface area contributed by atoms with E-state index in [1.54, 1.807) is 0 Å². The molecule has 114 valence electrons. The molecule has 5 atom stereocenters. The molecule has 0 aromatic rings. The van der Waals surface area contributed by atoms with Gasteiger partial charge in [-0.1, -0.05) is 12.8 Å². The normalized spacial score (nSPS) is 40.9. The molecule has 3 aliphatic rings. The van der Waals surface area contributed by atoms with Crippen molar-refractivity contribution in [1.29, 1.82) is 0 Å². The van der Waals surface area contributed by atoms with Gasteiger partial charge in [0.2, 0.25) is 0 Å². The van der Waals surface area contributed by atoms with Crippen LogP contribution < -0.4 is 0 Å². The number of carbonyl (C=O) groups is 1. The Kier molecular flexibility index (Phi) is 3.41. The third-order valence-electron chi connectivity index (χ3n) is 6.40. The Morgan fingerprint density at radius 3 is 2.30 bits per heavy atom. The number of rotatable bonds is 2. The van der Waals surface area contributed by atoms with E-state index in [-0.39, 0.29) is 17.6 Å². The summed E-state index contributed by atoms with van der Waals surface area (Å²) in [6.45, 7) is 1.35. The van der Waals surface area contributed by atoms with Gasteiger partial charge >= 0.3 is 6.18 Å². The summed E-state index contributed by atoms with van der Waals surface area (Å²) in [4.78, 5) is 12.2. The highest BCUT2D eigenvalue weighted by atomic mass is 19.4. The second-order valence-corrected chi connectivity index (χ2v) is 7.33. The Labute approximate surface area is 118 Å². The van der Waals surface area contributed by atoms with Crippen molar-refractivity contribution in [2.75, 3.05) is 0 Å². The van der Waals surface area contributed by atoms with Crippen molar-refractivity contribution in [3.8, 4) is 0 Å². The van der Waals surface area contributed by atoms with Crippen molar-refractivity contribution in [3.05, 3.63) is 0 Å². The predicted molar refractivity (Wildman–Crippen MR) is 70.1 cm³/mol.